The third-order valence-corrected chi connectivity index (χ3v) is 4.73. The van der Waals surface area contributed by atoms with Crippen molar-refractivity contribution in [2.24, 2.45) is 0 Å². The van der Waals surface area contributed by atoms with Gasteiger partial charge in [-0.1, -0.05) is 29.8 Å². The van der Waals surface area contributed by atoms with Gasteiger partial charge in [-0.05, 0) is 45.1 Å². The number of carbonyl (C=O) groups excluding carboxylic acids is 1. The first kappa shape index (κ1) is 20.0. The van der Waals surface area contributed by atoms with Gasteiger partial charge >= 0.3 is 0 Å². The molecule has 0 bridgehead atoms. The van der Waals surface area contributed by atoms with Gasteiger partial charge in [0.25, 0.3) is 0 Å². The van der Waals surface area contributed by atoms with Gasteiger partial charge in [0.1, 0.15) is 11.3 Å². The largest absolute Gasteiger partial charge is 0.355 e. The number of carbonyl (C=O) groups is 1. The highest BCUT2D eigenvalue weighted by atomic mass is 16.1. The van der Waals surface area contributed by atoms with Crippen molar-refractivity contribution in [3.63, 3.8) is 0 Å². The fourth-order valence-electron chi connectivity index (χ4n) is 3.15. The van der Waals surface area contributed by atoms with Crippen LogP contribution in [0.5, 0.6) is 0 Å². The van der Waals surface area contributed by atoms with Gasteiger partial charge in [-0.2, -0.15) is 0 Å². The summed E-state index contributed by atoms with van der Waals surface area (Å²) in [5, 5.41) is 2.97. The maximum atomic E-state index is 12.0. The Bertz CT molecular complexity index is 914. The van der Waals surface area contributed by atoms with Crippen LogP contribution in [0.1, 0.15) is 29.8 Å². The van der Waals surface area contributed by atoms with Crippen molar-refractivity contribution in [3.8, 4) is 0 Å². The highest BCUT2D eigenvalue weighted by molar-refractivity contribution is 5.76. The summed E-state index contributed by atoms with van der Waals surface area (Å²) in [5.41, 5.74) is 4.27. The number of rotatable bonds is 9. The lowest BCUT2D eigenvalue weighted by Crippen LogP contribution is -2.31. The summed E-state index contributed by atoms with van der Waals surface area (Å²) in [4.78, 5) is 23.4. The Balaban J connectivity index is 1.67. The quantitative estimate of drug-likeness (QED) is 0.621. The van der Waals surface area contributed by atoms with Gasteiger partial charge in [0.15, 0.2) is 5.65 Å². The van der Waals surface area contributed by atoms with E-state index >= 15 is 0 Å². The van der Waals surface area contributed by atoms with E-state index in [2.05, 4.69) is 51.0 Å². The van der Waals surface area contributed by atoms with Crippen LogP contribution in [-0.4, -0.2) is 52.5 Å². The van der Waals surface area contributed by atoms with Crippen molar-refractivity contribution in [2.75, 3.05) is 27.2 Å². The molecule has 0 spiro atoms. The molecule has 0 atom stereocenters. The zero-order chi connectivity index (χ0) is 19.9. The number of nitrogens with zero attached hydrogens (tertiary/aromatic N) is 4. The third kappa shape index (κ3) is 5.39. The summed E-state index contributed by atoms with van der Waals surface area (Å²) >= 11 is 0. The summed E-state index contributed by atoms with van der Waals surface area (Å²) in [6.45, 7) is 4.36. The predicted octanol–water partition coefficient (Wildman–Crippen LogP) is 2.79. The van der Waals surface area contributed by atoms with E-state index in [4.69, 9.17) is 4.98 Å². The smallest absolute Gasteiger partial charge is 0.220 e. The number of pyridine rings is 1. The molecule has 2 aromatic heterocycles. The number of amides is 1. The number of hydrogen-bond acceptors (Lipinski definition) is 4. The number of benzene rings is 1. The zero-order valence-electron chi connectivity index (χ0n) is 17.0. The Labute approximate surface area is 166 Å². The molecule has 28 heavy (non-hydrogen) atoms. The van der Waals surface area contributed by atoms with Crippen LogP contribution in [0.3, 0.4) is 0 Å². The van der Waals surface area contributed by atoms with Crippen LogP contribution in [0, 0.1) is 6.92 Å². The lowest BCUT2D eigenvalue weighted by atomic mass is 10.1. The molecule has 2 heterocycles. The van der Waals surface area contributed by atoms with Gasteiger partial charge in [0.05, 0.1) is 6.54 Å². The molecule has 0 saturated carbocycles. The molecular formula is C22H29N5O. The number of hydrogen-bond donors (Lipinski definition) is 1. The van der Waals surface area contributed by atoms with E-state index in [1.807, 2.05) is 26.2 Å². The van der Waals surface area contributed by atoms with Crippen molar-refractivity contribution < 1.29 is 4.79 Å². The SMILES string of the molecule is Cc1ccc(Cn2c(CCCC(=O)NCCN(C)C)nc3cccnc32)cc1. The van der Waals surface area contributed by atoms with Crippen LogP contribution < -0.4 is 5.32 Å². The topological polar surface area (TPSA) is 63.1 Å². The van der Waals surface area contributed by atoms with Crippen LogP contribution >= 0.6 is 0 Å². The normalized spacial score (nSPS) is 11.3. The molecule has 1 N–H and O–H groups in total. The van der Waals surface area contributed by atoms with Crippen LogP contribution in [0.2, 0.25) is 0 Å². The molecule has 0 saturated heterocycles. The minimum Gasteiger partial charge on any atom is -0.355 e. The minimum absolute atomic E-state index is 0.0983. The standard InChI is InChI=1S/C22H29N5O/c1-17-9-11-18(12-10-17)16-27-20(25-19-6-5-13-24-22(19)27)7-4-8-21(28)23-14-15-26(2)3/h5-6,9-13H,4,7-8,14-16H2,1-3H3,(H,23,28). The first-order valence-corrected chi connectivity index (χ1v) is 9.80. The van der Waals surface area contributed by atoms with E-state index in [0.717, 1.165) is 42.9 Å². The molecule has 1 amide bonds. The fraction of sp³-hybridized carbons (Fsp3) is 0.409. The Morgan fingerprint density at radius 1 is 1.18 bits per heavy atom. The van der Waals surface area contributed by atoms with Crippen LogP contribution in [0.25, 0.3) is 11.2 Å². The van der Waals surface area contributed by atoms with E-state index in [9.17, 15) is 4.79 Å². The lowest BCUT2D eigenvalue weighted by Gasteiger charge is -2.11. The molecule has 0 aliphatic heterocycles. The van der Waals surface area contributed by atoms with Crippen LogP contribution in [-0.2, 0) is 17.8 Å². The average Bonchev–Trinajstić information content (AvgIpc) is 3.01. The summed E-state index contributed by atoms with van der Waals surface area (Å²) < 4.78 is 2.17. The number of aryl methyl sites for hydroxylation is 2. The Kier molecular flexibility index (Phi) is 6.76. The van der Waals surface area contributed by atoms with E-state index in [1.54, 1.807) is 6.20 Å². The summed E-state index contributed by atoms with van der Waals surface area (Å²) in [6.07, 6.45) is 3.83. The maximum Gasteiger partial charge on any atom is 0.220 e. The Morgan fingerprint density at radius 2 is 1.96 bits per heavy atom. The molecule has 0 radical (unpaired) electrons. The van der Waals surface area contributed by atoms with Gasteiger partial charge in [0.2, 0.25) is 5.91 Å². The molecule has 0 aliphatic rings. The molecule has 6 heteroatoms. The number of nitrogens with one attached hydrogen (secondary N) is 1. The number of aromatic nitrogens is 3. The number of fused-ring (bicyclic) bond motifs is 1. The van der Waals surface area contributed by atoms with Crippen LogP contribution in [0.15, 0.2) is 42.6 Å². The second-order valence-corrected chi connectivity index (χ2v) is 7.45. The maximum absolute atomic E-state index is 12.0. The third-order valence-electron chi connectivity index (χ3n) is 4.73. The zero-order valence-corrected chi connectivity index (χ0v) is 17.0. The van der Waals surface area contributed by atoms with E-state index in [1.165, 1.54) is 11.1 Å². The molecule has 3 rings (SSSR count). The van der Waals surface area contributed by atoms with Crippen molar-refractivity contribution >= 4 is 17.1 Å². The highest BCUT2D eigenvalue weighted by Gasteiger charge is 2.12. The summed E-state index contributed by atoms with van der Waals surface area (Å²) in [7, 11) is 4.00. The highest BCUT2D eigenvalue weighted by Crippen LogP contribution is 2.18. The fourth-order valence-corrected chi connectivity index (χ4v) is 3.15. The van der Waals surface area contributed by atoms with E-state index < -0.39 is 0 Å². The molecule has 0 unspecified atom stereocenters. The average molecular weight is 380 g/mol. The summed E-state index contributed by atoms with van der Waals surface area (Å²) in [6, 6.07) is 12.4. The van der Waals surface area contributed by atoms with E-state index in [0.29, 0.717) is 13.0 Å². The van der Waals surface area contributed by atoms with Crippen molar-refractivity contribution in [3.05, 3.63) is 59.5 Å². The molecule has 0 aliphatic carbocycles. The van der Waals surface area contributed by atoms with Gasteiger partial charge < -0.3 is 14.8 Å². The lowest BCUT2D eigenvalue weighted by molar-refractivity contribution is -0.121. The van der Waals surface area contributed by atoms with Crippen molar-refractivity contribution in [1.82, 2.24) is 24.8 Å². The first-order chi connectivity index (χ1) is 13.5. The Hall–Kier alpha value is -2.73. The van der Waals surface area contributed by atoms with Gasteiger partial charge in [-0.3, -0.25) is 4.79 Å². The molecule has 6 nitrogen and oxygen atoms in total. The monoisotopic (exact) mass is 379 g/mol. The van der Waals surface area contributed by atoms with Gasteiger partial charge in [-0.15, -0.1) is 0 Å². The molecule has 3 aromatic rings. The molecule has 0 fully saturated rings. The number of imidazole rings is 1. The van der Waals surface area contributed by atoms with E-state index in [-0.39, 0.29) is 5.91 Å². The second kappa shape index (κ2) is 9.46. The molecular weight excluding hydrogens is 350 g/mol. The van der Waals surface area contributed by atoms with Crippen molar-refractivity contribution in [2.45, 2.75) is 32.7 Å². The minimum atomic E-state index is 0.0983. The van der Waals surface area contributed by atoms with Crippen LogP contribution in [0.4, 0.5) is 0 Å². The number of likely N-dealkylation sites (N-methyl/N-ethyl adjacent to an activating group) is 1. The second-order valence-electron chi connectivity index (χ2n) is 7.45. The van der Waals surface area contributed by atoms with Gasteiger partial charge in [-0.25, -0.2) is 9.97 Å². The first-order valence-electron chi connectivity index (χ1n) is 9.80. The predicted molar refractivity (Wildman–Crippen MR) is 112 cm³/mol. The Morgan fingerprint density at radius 3 is 2.71 bits per heavy atom. The van der Waals surface area contributed by atoms with Gasteiger partial charge in [0, 0.05) is 32.1 Å². The molecule has 1 aromatic carbocycles. The van der Waals surface area contributed by atoms with Crippen molar-refractivity contribution in [1.29, 1.82) is 0 Å². The summed E-state index contributed by atoms with van der Waals surface area (Å²) in [5.74, 6) is 1.08. The molecule has 148 valence electrons.